The topological polar surface area (TPSA) is 58.6 Å². The molecule has 1 unspecified atom stereocenters. The van der Waals surface area contributed by atoms with E-state index in [1.54, 1.807) is 7.11 Å². The average Bonchev–Trinajstić information content (AvgIpc) is 2.39. The molecule has 0 spiro atoms. The molecular weight excluding hydrogens is 250 g/mol. The van der Waals surface area contributed by atoms with E-state index in [-0.39, 0.29) is 0 Å². The Morgan fingerprint density at radius 2 is 2.11 bits per heavy atom. The molecule has 1 aromatic carbocycles. The Balaban J connectivity index is 2.47. The third kappa shape index (κ3) is 4.98. The first-order valence-corrected chi connectivity index (χ1v) is 6.89. The van der Waals surface area contributed by atoms with Gasteiger partial charge in [-0.1, -0.05) is 6.92 Å². The second kappa shape index (κ2) is 8.00. The molecule has 5 heteroatoms. The molecule has 1 atom stereocenters. The zero-order chi connectivity index (χ0) is 13.4. The minimum Gasteiger partial charge on any atom is -0.497 e. The van der Waals surface area contributed by atoms with Crippen LogP contribution in [0.3, 0.4) is 0 Å². The lowest BCUT2D eigenvalue weighted by molar-refractivity contribution is -0.138. The van der Waals surface area contributed by atoms with Crippen LogP contribution in [0.4, 0.5) is 0 Å². The van der Waals surface area contributed by atoms with Gasteiger partial charge in [-0.2, -0.15) is 0 Å². The summed E-state index contributed by atoms with van der Waals surface area (Å²) in [5.74, 6) is 0.518. The molecule has 4 nitrogen and oxygen atoms in total. The van der Waals surface area contributed by atoms with Gasteiger partial charge in [-0.05, 0) is 37.2 Å². The van der Waals surface area contributed by atoms with Crippen molar-refractivity contribution >= 4 is 17.7 Å². The summed E-state index contributed by atoms with van der Waals surface area (Å²) < 4.78 is 5.07. The van der Waals surface area contributed by atoms with Gasteiger partial charge in [-0.3, -0.25) is 4.79 Å². The van der Waals surface area contributed by atoms with E-state index in [2.05, 4.69) is 5.32 Å². The molecule has 1 rings (SSSR count). The van der Waals surface area contributed by atoms with Gasteiger partial charge in [0.05, 0.1) is 7.11 Å². The normalized spacial score (nSPS) is 12.1. The van der Waals surface area contributed by atoms with Gasteiger partial charge in [0.15, 0.2) is 0 Å². The molecule has 0 saturated carbocycles. The van der Waals surface area contributed by atoms with Crippen LogP contribution in [0.5, 0.6) is 5.75 Å². The predicted octanol–water partition coefficient (Wildman–Crippen LogP) is 2.24. The van der Waals surface area contributed by atoms with Gasteiger partial charge in [0, 0.05) is 10.6 Å². The van der Waals surface area contributed by atoms with E-state index in [0.29, 0.717) is 5.75 Å². The number of hydrogen-bond donors (Lipinski definition) is 2. The number of carboxylic acids is 1. The van der Waals surface area contributed by atoms with Gasteiger partial charge < -0.3 is 15.2 Å². The van der Waals surface area contributed by atoms with E-state index < -0.39 is 12.0 Å². The van der Waals surface area contributed by atoms with Crippen molar-refractivity contribution in [3.63, 3.8) is 0 Å². The Morgan fingerprint density at radius 1 is 1.44 bits per heavy atom. The molecule has 0 aliphatic carbocycles. The van der Waals surface area contributed by atoms with Crippen LogP contribution in [0, 0.1) is 0 Å². The van der Waals surface area contributed by atoms with Crippen molar-refractivity contribution in [2.24, 2.45) is 0 Å². The fourth-order valence-electron chi connectivity index (χ4n) is 1.39. The Bertz CT molecular complexity index is 367. The minimum absolute atomic E-state index is 0.503. The smallest absolute Gasteiger partial charge is 0.321 e. The van der Waals surface area contributed by atoms with Gasteiger partial charge in [-0.25, -0.2) is 0 Å². The first kappa shape index (κ1) is 14.9. The standard InChI is InChI=1S/C13H19NO3S/c1-3-8-14-12(13(15)16)9-18-11-6-4-10(17-2)5-7-11/h4-7,12,14H,3,8-9H2,1-2H3,(H,15,16). The zero-order valence-electron chi connectivity index (χ0n) is 10.7. The van der Waals surface area contributed by atoms with E-state index >= 15 is 0 Å². The molecular formula is C13H19NO3S. The first-order chi connectivity index (χ1) is 8.67. The van der Waals surface area contributed by atoms with Crippen LogP contribution in [0.25, 0.3) is 0 Å². The third-order valence-corrected chi connectivity index (χ3v) is 3.52. The summed E-state index contributed by atoms with van der Waals surface area (Å²) in [6, 6.07) is 7.11. The number of aliphatic carboxylic acids is 1. The van der Waals surface area contributed by atoms with E-state index in [0.717, 1.165) is 23.6 Å². The lowest BCUT2D eigenvalue weighted by Crippen LogP contribution is -2.39. The van der Waals surface area contributed by atoms with Crippen LogP contribution < -0.4 is 10.1 Å². The van der Waals surface area contributed by atoms with Crippen molar-refractivity contribution in [2.75, 3.05) is 19.4 Å². The molecule has 0 bridgehead atoms. The Labute approximate surface area is 112 Å². The number of carboxylic acid groups (broad SMARTS) is 1. The summed E-state index contributed by atoms with van der Waals surface area (Å²) in [4.78, 5) is 12.1. The van der Waals surface area contributed by atoms with Crippen molar-refractivity contribution in [3.05, 3.63) is 24.3 Å². The Hall–Kier alpha value is -1.20. The number of hydrogen-bond acceptors (Lipinski definition) is 4. The molecule has 18 heavy (non-hydrogen) atoms. The molecule has 0 aliphatic rings. The number of rotatable bonds is 8. The fourth-order valence-corrected chi connectivity index (χ4v) is 2.34. The number of benzene rings is 1. The molecule has 0 amide bonds. The van der Waals surface area contributed by atoms with E-state index in [9.17, 15) is 4.79 Å². The molecule has 0 aliphatic heterocycles. The summed E-state index contributed by atoms with van der Waals surface area (Å²) >= 11 is 1.53. The van der Waals surface area contributed by atoms with Crippen LogP contribution >= 0.6 is 11.8 Å². The monoisotopic (exact) mass is 269 g/mol. The highest BCUT2D eigenvalue weighted by Gasteiger charge is 2.16. The molecule has 0 heterocycles. The number of thioether (sulfide) groups is 1. The molecule has 0 aromatic heterocycles. The van der Waals surface area contributed by atoms with Gasteiger partial charge in [0.1, 0.15) is 11.8 Å². The SMILES string of the molecule is CCCNC(CSc1ccc(OC)cc1)C(=O)O. The van der Waals surface area contributed by atoms with Crippen molar-refractivity contribution in [1.82, 2.24) is 5.32 Å². The molecule has 1 aromatic rings. The molecule has 100 valence electrons. The minimum atomic E-state index is -0.801. The van der Waals surface area contributed by atoms with Crippen molar-refractivity contribution in [3.8, 4) is 5.75 Å². The van der Waals surface area contributed by atoms with Gasteiger partial charge >= 0.3 is 5.97 Å². The highest BCUT2D eigenvalue weighted by molar-refractivity contribution is 7.99. The average molecular weight is 269 g/mol. The van der Waals surface area contributed by atoms with E-state index in [1.165, 1.54) is 11.8 Å². The maximum Gasteiger partial charge on any atom is 0.321 e. The van der Waals surface area contributed by atoms with Gasteiger partial charge in [-0.15, -0.1) is 11.8 Å². The van der Waals surface area contributed by atoms with Crippen molar-refractivity contribution < 1.29 is 14.6 Å². The second-order valence-electron chi connectivity index (χ2n) is 3.83. The number of ether oxygens (including phenoxy) is 1. The predicted molar refractivity (Wildman–Crippen MR) is 73.4 cm³/mol. The Kier molecular flexibility index (Phi) is 6.60. The summed E-state index contributed by atoms with van der Waals surface area (Å²) in [5.41, 5.74) is 0. The van der Waals surface area contributed by atoms with Crippen molar-refractivity contribution in [1.29, 1.82) is 0 Å². The number of carbonyl (C=O) groups is 1. The second-order valence-corrected chi connectivity index (χ2v) is 4.92. The molecule has 0 fully saturated rings. The van der Waals surface area contributed by atoms with Crippen LogP contribution in [-0.4, -0.2) is 36.5 Å². The van der Waals surface area contributed by atoms with Crippen molar-refractivity contribution in [2.45, 2.75) is 24.3 Å². The van der Waals surface area contributed by atoms with Gasteiger partial charge in [0.25, 0.3) is 0 Å². The lowest BCUT2D eigenvalue weighted by atomic mass is 10.3. The third-order valence-electron chi connectivity index (χ3n) is 2.41. The van der Waals surface area contributed by atoms with Crippen LogP contribution in [-0.2, 0) is 4.79 Å². The summed E-state index contributed by atoms with van der Waals surface area (Å²) in [5, 5.41) is 12.1. The largest absolute Gasteiger partial charge is 0.497 e. The number of nitrogens with one attached hydrogen (secondary N) is 1. The van der Waals surface area contributed by atoms with Gasteiger partial charge in [0.2, 0.25) is 0 Å². The maximum atomic E-state index is 11.0. The van der Waals surface area contributed by atoms with Crippen LogP contribution in [0.15, 0.2) is 29.2 Å². The molecule has 2 N–H and O–H groups in total. The quantitative estimate of drug-likeness (QED) is 0.709. The highest BCUT2D eigenvalue weighted by atomic mass is 32.2. The highest BCUT2D eigenvalue weighted by Crippen LogP contribution is 2.21. The summed E-state index contributed by atoms with van der Waals surface area (Å²) in [6.07, 6.45) is 0.928. The number of methoxy groups -OCH3 is 1. The Morgan fingerprint density at radius 3 is 2.61 bits per heavy atom. The maximum absolute atomic E-state index is 11.0. The zero-order valence-corrected chi connectivity index (χ0v) is 11.5. The van der Waals surface area contributed by atoms with E-state index in [4.69, 9.17) is 9.84 Å². The lowest BCUT2D eigenvalue weighted by Gasteiger charge is -2.13. The fraction of sp³-hybridized carbons (Fsp3) is 0.462. The molecule has 0 radical (unpaired) electrons. The van der Waals surface area contributed by atoms with E-state index in [1.807, 2.05) is 31.2 Å². The first-order valence-electron chi connectivity index (χ1n) is 5.90. The van der Waals surface area contributed by atoms with Crippen LogP contribution in [0.2, 0.25) is 0 Å². The summed E-state index contributed by atoms with van der Waals surface area (Å²) in [7, 11) is 1.62. The summed E-state index contributed by atoms with van der Waals surface area (Å²) in [6.45, 7) is 2.74. The molecule has 0 saturated heterocycles. The van der Waals surface area contributed by atoms with Crippen LogP contribution in [0.1, 0.15) is 13.3 Å².